The number of phenols is 1. The number of aliphatic hydroxyl groups is 1. The fourth-order valence-corrected chi connectivity index (χ4v) is 6.64. The number of aliphatic hydroxyl groups excluding tert-OH is 1. The van der Waals surface area contributed by atoms with Gasteiger partial charge in [0, 0.05) is 44.9 Å². The first-order valence-electron chi connectivity index (χ1n) is 9.62. The van der Waals surface area contributed by atoms with Crippen LogP contribution in [0, 0.1) is 3.82 Å². The van der Waals surface area contributed by atoms with Gasteiger partial charge in [0.15, 0.2) is 0 Å². The molecule has 4 nitrogen and oxygen atoms in total. The van der Waals surface area contributed by atoms with Crippen LogP contribution in [0.2, 0.25) is 0 Å². The van der Waals surface area contributed by atoms with Crippen LogP contribution in [0.25, 0.3) is 10.4 Å². The molecule has 3 rings (SSSR count). The Hall–Kier alpha value is -0.830. The van der Waals surface area contributed by atoms with Crippen LogP contribution >= 0.6 is 32.9 Å². The summed E-state index contributed by atoms with van der Waals surface area (Å²) < 4.78 is 0.990. The monoisotopic (exact) mass is 424 g/mol. The smallest absolute Gasteiger partial charge is 0.120 e. The molecule has 0 spiro atoms. The van der Waals surface area contributed by atoms with E-state index >= 15 is 0 Å². The fourth-order valence-electron chi connectivity index (χ4n) is 3.51. The number of rotatable bonds is 8. The van der Waals surface area contributed by atoms with Crippen LogP contribution in [-0.2, 0) is 13.0 Å². The van der Waals surface area contributed by atoms with E-state index in [9.17, 15) is 5.11 Å². The molecule has 0 saturated carbocycles. The second kappa shape index (κ2) is 10.1. The lowest BCUT2D eigenvalue weighted by molar-refractivity contribution is 0.123. The molecule has 1 aliphatic rings. The molecule has 7 heteroatoms. The molecule has 0 bridgehead atoms. The predicted molar refractivity (Wildman–Crippen MR) is 118 cm³/mol. The van der Waals surface area contributed by atoms with Gasteiger partial charge in [-0.15, -0.1) is 0 Å². The van der Waals surface area contributed by atoms with Gasteiger partial charge in [-0.1, -0.05) is 39.8 Å². The zero-order chi connectivity index (χ0) is 19.2. The van der Waals surface area contributed by atoms with Crippen molar-refractivity contribution in [3.05, 3.63) is 33.1 Å². The Morgan fingerprint density at radius 3 is 2.52 bits per heavy atom. The SMILES string of the molecule is CCc1c(-c2ccc(O)c(CN3CCN(CCCCO)CC3)c2)ssc1=S. The van der Waals surface area contributed by atoms with Gasteiger partial charge in [-0.25, -0.2) is 0 Å². The van der Waals surface area contributed by atoms with E-state index in [0.29, 0.717) is 5.75 Å². The van der Waals surface area contributed by atoms with Crippen LogP contribution < -0.4 is 0 Å². The van der Waals surface area contributed by atoms with Gasteiger partial charge in [-0.2, -0.15) is 0 Å². The van der Waals surface area contributed by atoms with E-state index in [1.165, 1.54) is 16.0 Å². The number of hydrogen-bond donors (Lipinski definition) is 2. The van der Waals surface area contributed by atoms with Crippen LogP contribution in [0.4, 0.5) is 0 Å². The van der Waals surface area contributed by atoms with E-state index < -0.39 is 0 Å². The topological polar surface area (TPSA) is 46.9 Å². The number of phenolic OH excluding ortho intramolecular Hbond substituents is 1. The molecule has 1 aromatic heterocycles. The highest BCUT2D eigenvalue weighted by Crippen LogP contribution is 2.37. The summed E-state index contributed by atoms with van der Waals surface area (Å²) >= 11 is 5.46. The van der Waals surface area contributed by atoms with Crippen LogP contribution in [0.3, 0.4) is 0 Å². The zero-order valence-corrected chi connectivity index (χ0v) is 18.3. The Kier molecular flexibility index (Phi) is 7.81. The number of benzene rings is 1. The van der Waals surface area contributed by atoms with Crippen LogP contribution in [0.15, 0.2) is 18.2 Å². The predicted octanol–water partition coefficient (Wildman–Crippen LogP) is 4.36. The van der Waals surface area contributed by atoms with Gasteiger partial charge in [0.05, 0.1) is 4.88 Å². The fraction of sp³-hybridized carbons (Fsp3) is 0.550. The number of hydrogen-bond acceptors (Lipinski definition) is 7. The average Bonchev–Trinajstić information content (AvgIpc) is 3.05. The maximum atomic E-state index is 10.4. The Labute approximate surface area is 174 Å². The van der Waals surface area contributed by atoms with Crippen molar-refractivity contribution in [1.82, 2.24) is 9.80 Å². The molecule has 2 N–H and O–H groups in total. The molecule has 0 aliphatic carbocycles. The van der Waals surface area contributed by atoms with Crippen molar-refractivity contribution in [2.75, 3.05) is 39.3 Å². The van der Waals surface area contributed by atoms with Crippen molar-refractivity contribution in [2.45, 2.75) is 32.7 Å². The summed E-state index contributed by atoms with van der Waals surface area (Å²) in [5.41, 5.74) is 3.42. The minimum absolute atomic E-state index is 0.285. The Morgan fingerprint density at radius 1 is 1.07 bits per heavy atom. The van der Waals surface area contributed by atoms with Gasteiger partial charge < -0.3 is 15.1 Å². The Bertz CT molecular complexity index is 795. The molecule has 0 unspecified atom stereocenters. The molecular weight excluding hydrogens is 396 g/mol. The molecule has 1 saturated heterocycles. The van der Waals surface area contributed by atoms with Crippen LogP contribution in [0.5, 0.6) is 5.75 Å². The lowest BCUT2D eigenvalue weighted by Gasteiger charge is -2.34. The molecule has 0 amide bonds. The highest BCUT2D eigenvalue weighted by molar-refractivity contribution is 7.80. The van der Waals surface area contributed by atoms with Crippen LogP contribution in [-0.4, -0.2) is 59.3 Å². The maximum absolute atomic E-state index is 10.4. The average molecular weight is 425 g/mol. The quantitative estimate of drug-likeness (QED) is 0.374. The van der Waals surface area contributed by atoms with Gasteiger partial charge in [0.1, 0.15) is 9.57 Å². The molecule has 148 valence electrons. The molecule has 1 aromatic carbocycles. The highest BCUT2D eigenvalue weighted by atomic mass is 32.9. The summed E-state index contributed by atoms with van der Waals surface area (Å²) in [4.78, 5) is 6.13. The third kappa shape index (κ3) is 5.37. The van der Waals surface area contributed by atoms with Gasteiger partial charge in [0.2, 0.25) is 0 Å². The Balaban J connectivity index is 1.65. The summed E-state index contributed by atoms with van der Waals surface area (Å²) in [6.07, 6.45) is 2.89. The molecular formula is C20H28N2O2S3. The van der Waals surface area contributed by atoms with E-state index in [-0.39, 0.29) is 6.61 Å². The second-order valence-corrected chi connectivity index (χ2v) is 9.82. The summed E-state index contributed by atoms with van der Waals surface area (Å²) in [5.74, 6) is 0.376. The molecule has 27 heavy (non-hydrogen) atoms. The van der Waals surface area contributed by atoms with Crippen molar-refractivity contribution >= 4 is 32.9 Å². The van der Waals surface area contributed by atoms with Gasteiger partial charge >= 0.3 is 0 Å². The van der Waals surface area contributed by atoms with Gasteiger partial charge in [0.25, 0.3) is 0 Å². The first-order valence-corrected chi connectivity index (χ1v) is 12.2. The van der Waals surface area contributed by atoms with E-state index in [0.717, 1.165) is 67.9 Å². The molecule has 2 aromatic rings. The van der Waals surface area contributed by atoms with Crippen molar-refractivity contribution in [1.29, 1.82) is 0 Å². The Morgan fingerprint density at radius 2 is 1.81 bits per heavy atom. The maximum Gasteiger partial charge on any atom is 0.120 e. The lowest BCUT2D eigenvalue weighted by atomic mass is 10.0. The number of piperazine rings is 1. The number of nitrogens with zero attached hydrogens (tertiary/aromatic N) is 2. The van der Waals surface area contributed by atoms with Crippen molar-refractivity contribution < 1.29 is 10.2 Å². The lowest BCUT2D eigenvalue weighted by Crippen LogP contribution is -2.46. The third-order valence-electron chi connectivity index (χ3n) is 5.16. The van der Waals surface area contributed by atoms with Crippen molar-refractivity contribution in [3.63, 3.8) is 0 Å². The molecule has 2 heterocycles. The third-order valence-corrected chi connectivity index (χ3v) is 8.35. The standard InChI is InChI=1S/C20H28N2O2S3/c1-2-17-19(26-27-20(17)25)15-5-6-18(24)16(13-15)14-22-10-8-21(9-11-22)7-3-4-12-23/h5-6,13,23-24H,2-4,7-12,14H2,1H3. The van der Waals surface area contributed by atoms with Crippen LogP contribution in [0.1, 0.15) is 30.9 Å². The van der Waals surface area contributed by atoms with Crippen molar-refractivity contribution in [2.24, 2.45) is 0 Å². The van der Waals surface area contributed by atoms with Gasteiger partial charge in [-0.3, -0.25) is 4.90 Å². The minimum Gasteiger partial charge on any atom is -0.508 e. The first kappa shape index (κ1) is 20.9. The van der Waals surface area contributed by atoms with E-state index in [2.05, 4.69) is 22.8 Å². The molecule has 1 aliphatic heterocycles. The number of aromatic hydroxyl groups is 1. The van der Waals surface area contributed by atoms with E-state index in [1.54, 1.807) is 20.7 Å². The second-order valence-electron chi connectivity index (χ2n) is 7.01. The largest absolute Gasteiger partial charge is 0.508 e. The summed E-state index contributed by atoms with van der Waals surface area (Å²) in [6, 6.07) is 5.96. The molecule has 0 atom stereocenters. The summed E-state index contributed by atoms with van der Waals surface area (Å²) in [7, 11) is 3.41. The normalized spacial score (nSPS) is 16.1. The summed E-state index contributed by atoms with van der Waals surface area (Å²) in [5, 5.41) is 19.3. The van der Waals surface area contributed by atoms with Crippen molar-refractivity contribution in [3.8, 4) is 16.2 Å². The number of unbranched alkanes of at least 4 members (excludes halogenated alkanes) is 1. The molecule has 0 radical (unpaired) electrons. The zero-order valence-electron chi connectivity index (χ0n) is 15.8. The van der Waals surface area contributed by atoms with E-state index in [4.69, 9.17) is 17.3 Å². The van der Waals surface area contributed by atoms with E-state index in [1.807, 2.05) is 12.1 Å². The molecule has 1 fully saturated rings. The first-order chi connectivity index (χ1) is 13.1. The minimum atomic E-state index is 0.285. The van der Waals surface area contributed by atoms with Gasteiger partial charge in [-0.05, 0) is 55.1 Å². The summed E-state index contributed by atoms with van der Waals surface area (Å²) in [6.45, 7) is 8.41. The highest BCUT2D eigenvalue weighted by Gasteiger charge is 2.18.